The van der Waals surface area contributed by atoms with Gasteiger partial charge in [0.05, 0.1) is 21.8 Å². The Morgan fingerprint density at radius 1 is 0.722 bits per heavy atom. The van der Waals surface area contributed by atoms with Gasteiger partial charge in [-0.2, -0.15) is 0 Å². The quantitative estimate of drug-likeness (QED) is 0.273. The molecular formula is C32H31NOPS. The summed E-state index contributed by atoms with van der Waals surface area (Å²) in [6.07, 6.45) is 6.60. The second-order valence-corrected chi connectivity index (χ2v) is 14.1. The van der Waals surface area contributed by atoms with E-state index in [4.69, 9.17) is 0 Å². The third-order valence-electron chi connectivity index (χ3n) is 6.32. The first-order valence-electron chi connectivity index (χ1n) is 12.2. The van der Waals surface area contributed by atoms with Crippen LogP contribution in [0.15, 0.2) is 103 Å². The number of benzene rings is 4. The maximum atomic E-state index is 13.5. The number of hydrogen-bond donors (Lipinski definition) is 1. The van der Waals surface area contributed by atoms with E-state index in [1.807, 2.05) is 20.8 Å². The highest BCUT2D eigenvalue weighted by Crippen LogP contribution is 2.59. The van der Waals surface area contributed by atoms with Crippen molar-refractivity contribution < 1.29 is 4.21 Å². The molecule has 0 spiro atoms. The van der Waals surface area contributed by atoms with Gasteiger partial charge in [-0.15, -0.1) is 0 Å². The molecule has 0 bridgehead atoms. The molecule has 5 radical (unpaired) electrons. The van der Waals surface area contributed by atoms with Crippen molar-refractivity contribution in [2.45, 2.75) is 31.6 Å². The predicted octanol–water partition coefficient (Wildman–Crippen LogP) is 6.80. The van der Waals surface area contributed by atoms with E-state index in [2.05, 4.69) is 127 Å². The van der Waals surface area contributed by atoms with Gasteiger partial charge in [0, 0.05) is 11.6 Å². The summed E-state index contributed by atoms with van der Waals surface area (Å²) in [7, 11) is -2.04. The molecule has 4 aromatic rings. The molecule has 181 valence electrons. The molecule has 1 aliphatic rings. The molecule has 0 unspecified atom stereocenters. The summed E-state index contributed by atoms with van der Waals surface area (Å²) in [6, 6.07) is 36.2. The Kier molecular flexibility index (Phi) is 7.72. The molecule has 1 fully saturated rings. The molecule has 1 N–H and O–H groups in total. The highest BCUT2D eigenvalue weighted by molar-refractivity contribution is 7.84. The Bertz CT molecular complexity index is 1270. The van der Waals surface area contributed by atoms with Crippen molar-refractivity contribution in [2.24, 2.45) is 0 Å². The first-order valence-corrected chi connectivity index (χ1v) is 14.7. The molecule has 0 amide bonds. The number of rotatable bonds is 7. The average molecular weight is 509 g/mol. The van der Waals surface area contributed by atoms with Gasteiger partial charge in [0.2, 0.25) is 0 Å². The zero-order valence-corrected chi connectivity index (χ0v) is 22.6. The summed E-state index contributed by atoms with van der Waals surface area (Å²) in [6.45, 7) is 6.05. The lowest BCUT2D eigenvalue weighted by Crippen LogP contribution is -2.39. The highest BCUT2D eigenvalue weighted by atomic mass is 32.2. The zero-order chi connectivity index (χ0) is 25.1. The normalized spacial score (nSPS) is 17.0. The van der Waals surface area contributed by atoms with E-state index in [9.17, 15) is 4.21 Å². The Labute approximate surface area is 219 Å². The van der Waals surface area contributed by atoms with Crippen LogP contribution in [0.2, 0.25) is 0 Å². The van der Waals surface area contributed by atoms with Gasteiger partial charge in [0.15, 0.2) is 0 Å². The molecule has 2 atom stereocenters. The standard InChI is InChI=1S/C32H31NOPS/c1-32(2,3)36(34)33-31(28-21-12-15-24-14-10-11-20-27(24)28)29-22-13-23-30(29)35(25-16-6-4-7-17-25)26-18-8-5-9-19-26/h4-23,31,33H,1-3H3/t31-,36-/m0/s1. The number of fused-ring (bicyclic) bond motifs is 1. The highest BCUT2D eigenvalue weighted by Gasteiger charge is 2.43. The molecule has 0 heterocycles. The molecule has 0 aliphatic heterocycles. The number of hydrogen-bond acceptors (Lipinski definition) is 1. The van der Waals surface area contributed by atoms with Crippen molar-refractivity contribution >= 4 is 40.3 Å². The molecule has 36 heavy (non-hydrogen) atoms. The lowest BCUT2D eigenvalue weighted by molar-refractivity contribution is 0.613. The van der Waals surface area contributed by atoms with Gasteiger partial charge >= 0.3 is 0 Å². The summed E-state index contributed by atoms with van der Waals surface area (Å²) < 4.78 is 16.7. The Balaban J connectivity index is 1.62. The Morgan fingerprint density at radius 3 is 1.94 bits per heavy atom. The van der Waals surface area contributed by atoms with Crippen molar-refractivity contribution in [1.82, 2.24) is 4.72 Å². The molecule has 0 saturated heterocycles. The zero-order valence-electron chi connectivity index (χ0n) is 20.9. The van der Waals surface area contributed by atoms with E-state index < -0.39 is 18.9 Å². The fraction of sp³-hybridized carbons (Fsp3) is 0.156. The smallest absolute Gasteiger partial charge is 0.0976 e. The van der Waals surface area contributed by atoms with Gasteiger partial charge in [-0.25, -0.2) is 8.93 Å². The van der Waals surface area contributed by atoms with Crippen LogP contribution < -0.4 is 15.3 Å². The van der Waals surface area contributed by atoms with Crippen molar-refractivity contribution in [3.8, 4) is 0 Å². The van der Waals surface area contributed by atoms with Crippen LogP contribution in [0, 0.1) is 30.8 Å². The maximum absolute atomic E-state index is 13.5. The summed E-state index contributed by atoms with van der Waals surface area (Å²) in [5, 5.41) is 4.98. The largest absolute Gasteiger partial charge is 0.242 e. The van der Waals surface area contributed by atoms with Crippen LogP contribution in [-0.4, -0.2) is 8.96 Å². The first kappa shape index (κ1) is 25.3. The second-order valence-electron chi connectivity index (χ2n) is 9.87. The van der Waals surface area contributed by atoms with Crippen LogP contribution in [0.4, 0.5) is 0 Å². The third kappa shape index (κ3) is 5.35. The van der Waals surface area contributed by atoms with Gasteiger partial charge in [-0.3, -0.25) is 0 Å². The summed E-state index contributed by atoms with van der Waals surface area (Å²) in [5.74, 6) is 1.18. The minimum absolute atomic E-state index is 0.210. The Morgan fingerprint density at radius 2 is 1.31 bits per heavy atom. The second kappa shape index (κ2) is 11.0. The molecule has 1 aliphatic carbocycles. The van der Waals surface area contributed by atoms with E-state index in [-0.39, 0.29) is 10.8 Å². The fourth-order valence-electron chi connectivity index (χ4n) is 4.53. The lowest BCUT2D eigenvalue weighted by atomic mass is 9.89. The van der Waals surface area contributed by atoms with Crippen LogP contribution in [0.5, 0.6) is 0 Å². The molecule has 4 heteroatoms. The summed E-state index contributed by atoms with van der Waals surface area (Å²) in [5.41, 5.74) is 2.44. The van der Waals surface area contributed by atoms with Crippen molar-refractivity contribution in [3.05, 3.63) is 140 Å². The van der Waals surface area contributed by atoms with Crippen LogP contribution in [-0.2, 0) is 11.0 Å². The van der Waals surface area contributed by atoms with E-state index >= 15 is 0 Å². The van der Waals surface area contributed by atoms with E-state index in [1.54, 1.807) is 0 Å². The van der Waals surface area contributed by atoms with Gasteiger partial charge in [-0.1, -0.05) is 103 Å². The van der Waals surface area contributed by atoms with Crippen molar-refractivity contribution in [2.75, 3.05) is 0 Å². The van der Waals surface area contributed by atoms with Gasteiger partial charge in [0.25, 0.3) is 0 Å². The SMILES string of the molecule is CC(C)(C)[S@](=O)N[C@H]([C]1[CH][CH][CH][C]1P(c1ccccc1)c1ccccc1)c1cccc2ccccc12. The van der Waals surface area contributed by atoms with Gasteiger partial charge in [0.1, 0.15) is 0 Å². The van der Waals surface area contributed by atoms with Crippen LogP contribution in [0.25, 0.3) is 10.8 Å². The topological polar surface area (TPSA) is 29.1 Å². The maximum Gasteiger partial charge on any atom is 0.0976 e. The molecular weight excluding hydrogens is 477 g/mol. The predicted molar refractivity (Wildman–Crippen MR) is 156 cm³/mol. The van der Waals surface area contributed by atoms with Crippen molar-refractivity contribution in [3.63, 3.8) is 0 Å². The molecule has 0 aromatic heterocycles. The lowest BCUT2D eigenvalue weighted by Gasteiger charge is -2.35. The molecule has 5 rings (SSSR count). The first-order chi connectivity index (χ1) is 17.4. The van der Waals surface area contributed by atoms with Gasteiger partial charge in [-0.05, 0) is 74.9 Å². The fourth-order valence-corrected chi connectivity index (χ4v) is 7.85. The minimum atomic E-state index is -1.25. The van der Waals surface area contributed by atoms with Gasteiger partial charge < -0.3 is 0 Å². The summed E-state index contributed by atoms with van der Waals surface area (Å²) in [4.78, 5) is 0. The van der Waals surface area contributed by atoms with Crippen molar-refractivity contribution in [1.29, 1.82) is 0 Å². The monoisotopic (exact) mass is 508 g/mol. The van der Waals surface area contributed by atoms with E-state index in [1.165, 1.54) is 33.0 Å². The van der Waals surface area contributed by atoms with E-state index in [0.29, 0.717) is 0 Å². The van der Waals surface area contributed by atoms with Crippen LogP contribution >= 0.6 is 7.92 Å². The summed E-state index contributed by atoms with van der Waals surface area (Å²) >= 11 is 0. The van der Waals surface area contributed by atoms with E-state index in [0.717, 1.165) is 5.56 Å². The molecule has 2 nitrogen and oxygen atoms in total. The average Bonchev–Trinajstić information content (AvgIpc) is 3.37. The molecule has 4 aromatic carbocycles. The Hall–Kier alpha value is -2.32. The minimum Gasteiger partial charge on any atom is -0.242 e. The third-order valence-corrected chi connectivity index (χ3v) is 10.4. The number of nitrogens with one attached hydrogen (secondary N) is 1. The molecule has 1 saturated carbocycles. The van der Waals surface area contributed by atoms with Crippen LogP contribution in [0.3, 0.4) is 0 Å². The van der Waals surface area contributed by atoms with Crippen LogP contribution in [0.1, 0.15) is 32.4 Å².